The van der Waals surface area contributed by atoms with Crippen molar-refractivity contribution in [1.29, 1.82) is 0 Å². The Hall–Kier alpha value is -1.06. The summed E-state index contributed by atoms with van der Waals surface area (Å²) in [7, 11) is 0. The third-order valence-corrected chi connectivity index (χ3v) is 3.64. The van der Waals surface area contributed by atoms with Gasteiger partial charge in [-0.25, -0.2) is 0 Å². The molecule has 0 atom stereocenters. The standard InChI is InChI=1S/C19H36O4/c1-4-5-6-7-8-9-13-16-22-18(20)14-11-10-12-15-19(21)23-17(2)3/h17H,4-16H2,1-3H3. The first-order valence-electron chi connectivity index (χ1n) is 9.41. The summed E-state index contributed by atoms with van der Waals surface area (Å²) in [5, 5.41) is 0. The number of carbonyl (C=O) groups excluding carboxylic acids is 2. The molecule has 136 valence electrons. The van der Waals surface area contributed by atoms with E-state index < -0.39 is 0 Å². The number of carbonyl (C=O) groups is 2. The SMILES string of the molecule is CCCCCCCCCOC(=O)CCCCCC(=O)OC(C)C. The van der Waals surface area contributed by atoms with Gasteiger partial charge in [-0.2, -0.15) is 0 Å². The van der Waals surface area contributed by atoms with Gasteiger partial charge in [0.15, 0.2) is 0 Å². The molecule has 0 aliphatic carbocycles. The lowest BCUT2D eigenvalue weighted by molar-refractivity contribution is -0.147. The van der Waals surface area contributed by atoms with E-state index in [9.17, 15) is 9.59 Å². The van der Waals surface area contributed by atoms with Crippen molar-refractivity contribution in [3.05, 3.63) is 0 Å². The topological polar surface area (TPSA) is 52.6 Å². The molecule has 4 nitrogen and oxygen atoms in total. The van der Waals surface area contributed by atoms with Gasteiger partial charge in [0.2, 0.25) is 0 Å². The molecule has 0 saturated heterocycles. The largest absolute Gasteiger partial charge is 0.466 e. The predicted octanol–water partition coefficient (Wildman–Crippen LogP) is 5.18. The van der Waals surface area contributed by atoms with Crippen molar-refractivity contribution in [3.63, 3.8) is 0 Å². The van der Waals surface area contributed by atoms with Crippen LogP contribution in [0.4, 0.5) is 0 Å². The molecule has 0 heterocycles. The van der Waals surface area contributed by atoms with Crippen molar-refractivity contribution < 1.29 is 19.1 Å². The van der Waals surface area contributed by atoms with E-state index in [0.29, 0.717) is 19.4 Å². The molecule has 0 bridgehead atoms. The van der Waals surface area contributed by atoms with Crippen LogP contribution in [0.15, 0.2) is 0 Å². The summed E-state index contributed by atoms with van der Waals surface area (Å²) in [6.07, 6.45) is 11.8. The van der Waals surface area contributed by atoms with Crippen molar-refractivity contribution in [2.75, 3.05) is 6.61 Å². The number of esters is 2. The highest BCUT2D eigenvalue weighted by molar-refractivity contribution is 5.70. The Balaban J connectivity index is 3.29. The number of rotatable bonds is 15. The molecule has 0 aliphatic rings. The van der Waals surface area contributed by atoms with Gasteiger partial charge in [-0.05, 0) is 33.1 Å². The third kappa shape index (κ3) is 17.1. The smallest absolute Gasteiger partial charge is 0.306 e. The van der Waals surface area contributed by atoms with Gasteiger partial charge in [0.05, 0.1) is 12.7 Å². The summed E-state index contributed by atoms with van der Waals surface area (Å²) < 4.78 is 10.3. The number of ether oxygens (including phenoxy) is 2. The molecule has 0 fully saturated rings. The highest BCUT2D eigenvalue weighted by Crippen LogP contribution is 2.08. The molecule has 0 amide bonds. The molecule has 0 unspecified atom stereocenters. The normalized spacial score (nSPS) is 10.8. The van der Waals surface area contributed by atoms with Crippen molar-refractivity contribution in [3.8, 4) is 0 Å². The van der Waals surface area contributed by atoms with Crippen LogP contribution in [0.5, 0.6) is 0 Å². The van der Waals surface area contributed by atoms with Crippen LogP contribution < -0.4 is 0 Å². The Morgan fingerprint density at radius 3 is 1.87 bits per heavy atom. The van der Waals surface area contributed by atoms with E-state index in [4.69, 9.17) is 9.47 Å². The first-order chi connectivity index (χ1) is 11.1. The Morgan fingerprint density at radius 1 is 0.739 bits per heavy atom. The molecule has 23 heavy (non-hydrogen) atoms. The van der Waals surface area contributed by atoms with Gasteiger partial charge in [-0.3, -0.25) is 9.59 Å². The highest BCUT2D eigenvalue weighted by atomic mass is 16.5. The van der Waals surface area contributed by atoms with Gasteiger partial charge in [0.1, 0.15) is 0 Å². The van der Waals surface area contributed by atoms with Gasteiger partial charge in [0, 0.05) is 12.8 Å². The molecule has 0 aromatic rings. The average Bonchev–Trinajstić information content (AvgIpc) is 2.49. The Bertz CT molecular complexity index is 300. The molecule has 0 saturated carbocycles. The average molecular weight is 328 g/mol. The lowest BCUT2D eigenvalue weighted by Crippen LogP contribution is -2.11. The minimum absolute atomic E-state index is 0.0517. The maximum absolute atomic E-state index is 11.5. The van der Waals surface area contributed by atoms with E-state index >= 15 is 0 Å². The monoisotopic (exact) mass is 328 g/mol. The van der Waals surface area contributed by atoms with Crippen molar-refractivity contribution in [1.82, 2.24) is 0 Å². The fraction of sp³-hybridized carbons (Fsp3) is 0.895. The summed E-state index contributed by atoms with van der Waals surface area (Å²) in [5.41, 5.74) is 0. The summed E-state index contributed by atoms with van der Waals surface area (Å²) in [6, 6.07) is 0. The van der Waals surface area contributed by atoms with E-state index in [-0.39, 0.29) is 18.0 Å². The highest BCUT2D eigenvalue weighted by Gasteiger charge is 2.06. The number of hydrogen-bond acceptors (Lipinski definition) is 4. The van der Waals surface area contributed by atoms with Crippen molar-refractivity contribution in [2.24, 2.45) is 0 Å². The fourth-order valence-corrected chi connectivity index (χ4v) is 2.35. The molecule has 0 aromatic heterocycles. The zero-order valence-electron chi connectivity index (χ0n) is 15.4. The molecule has 0 N–H and O–H groups in total. The summed E-state index contributed by atoms with van der Waals surface area (Å²) in [5.74, 6) is -0.262. The third-order valence-electron chi connectivity index (χ3n) is 3.64. The Labute approximate surface area is 142 Å². The van der Waals surface area contributed by atoms with Gasteiger partial charge < -0.3 is 9.47 Å². The first kappa shape index (κ1) is 21.9. The molecular weight excluding hydrogens is 292 g/mol. The first-order valence-corrected chi connectivity index (χ1v) is 9.41. The van der Waals surface area contributed by atoms with Crippen molar-refractivity contribution in [2.45, 2.75) is 104 Å². The van der Waals surface area contributed by atoms with Crippen LogP contribution in [-0.2, 0) is 19.1 Å². The fourth-order valence-electron chi connectivity index (χ4n) is 2.35. The Morgan fingerprint density at radius 2 is 1.26 bits per heavy atom. The summed E-state index contributed by atoms with van der Waals surface area (Å²) in [6.45, 7) is 6.46. The maximum Gasteiger partial charge on any atom is 0.306 e. The second-order valence-electron chi connectivity index (χ2n) is 6.44. The quantitative estimate of drug-likeness (QED) is 0.307. The second-order valence-corrected chi connectivity index (χ2v) is 6.44. The molecule has 0 rings (SSSR count). The lowest BCUT2D eigenvalue weighted by atomic mass is 10.1. The molecule has 4 heteroatoms. The van der Waals surface area contributed by atoms with Crippen LogP contribution in [0.25, 0.3) is 0 Å². The molecule has 0 aliphatic heterocycles. The van der Waals surface area contributed by atoms with E-state index in [0.717, 1.165) is 32.1 Å². The minimum atomic E-state index is -0.151. The van der Waals surface area contributed by atoms with Crippen LogP contribution in [0.3, 0.4) is 0 Å². The zero-order valence-corrected chi connectivity index (χ0v) is 15.4. The van der Waals surface area contributed by atoms with E-state index in [1.807, 2.05) is 13.8 Å². The molecule has 0 spiro atoms. The molecular formula is C19H36O4. The number of unbranched alkanes of at least 4 members (excludes halogenated alkanes) is 8. The minimum Gasteiger partial charge on any atom is -0.466 e. The summed E-state index contributed by atoms with van der Waals surface area (Å²) >= 11 is 0. The van der Waals surface area contributed by atoms with Gasteiger partial charge in [0.25, 0.3) is 0 Å². The van der Waals surface area contributed by atoms with E-state index in [1.165, 1.54) is 32.1 Å². The van der Waals surface area contributed by atoms with Gasteiger partial charge in [-0.15, -0.1) is 0 Å². The number of hydrogen-bond donors (Lipinski definition) is 0. The second kappa shape index (κ2) is 15.8. The van der Waals surface area contributed by atoms with Crippen LogP contribution in [0.1, 0.15) is 97.8 Å². The van der Waals surface area contributed by atoms with Crippen LogP contribution in [-0.4, -0.2) is 24.6 Å². The van der Waals surface area contributed by atoms with E-state index in [2.05, 4.69) is 6.92 Å². The predicted molar refractivity (Wildman–Crippen MR) is 93.3 cm³/mol. The maximum atomic E-state index is 11.5. The lowest BCUT2D eigenvalue weighted by Gasteiger charge is -2.07. The summed E-state index contributed by atoms with van der Waals surface area (Å²) in [4.78, 5) is 22.9. The van der Waals surface area contributed by atoms with Crippen molar-refractivity contribution >= 4 is 11.9 Å². The van der Waals surface area contributed by atoms with Gasteiger partial charge in [-0.1, -0.05) is 51.9 Å². The van der Waals surface area contributed by atoms with Crippen LogP contribution in [0, 0.1) is 0 Å². The molecule has 0 radical (unpaired) electrons. The van der Waals surface area contributed by atoms with E-state index in [1.54, 1.807) is 0 Å². The zero-order chi connectivity index (χ0) is 17.3. The van der Waals surface area contributed by atoms with Crippen LogP contribution >= 0.6 is 0 Å². The van der Waals surface area contributed by atoms with Crippen LogP contribution in [0.2, 0.25) is 0 Å². The molecule has 0 aromatic carbocycles. The van der Waals surface area contributed by atoms with Gasteiger partial charge >= 0.3 is 11.9 Å². The Kier molecular flexibility index (Phi) is 15.1.